The topological polar surface area (TPSA) is 38.7 Å². The summed E-state index contributed by atoms with van der Waals surface area (Å²) in [6.07, 6.45) is 0. The third kappa shape index (κ3) is 2.18. The molecule has 0 atom stereocenters. The molecule has 0 aliphatic rings. The Balaban J connectivity index is 1.97. The Morgan fingerprint density at radius 2 is 2.00 bits per heavy atom. The maximum Gasteiger partial charge on any atom is 0.167 e. The van der Waals surface area contributed by atoms with Crippen LogP contribution in [0.2, 0.25) is 0 Å². The molecule has 0 aliphatic heterocycles. The van der Waals surface area contributed by atoms with Crippen LogP contribution in [0.3, 0.4) is 0 Å². The molecular weight excluding hydrogens is 250 g/mol. The molecule has 3 rings (SSSR count). The van der Waals surface area contributed by atoms with Gasteiger partial charge in [0.2, 0.25) is 0 Å². The molecule has 0 radical (unpaired) electrons. The monoisotopic (exact) mass is 257 g/mol. The fraction of sp³-hybridized carbons (Fsp3) is 0.0833. The lowest BCUT2D eigenvalue weighted by molar-refractivity contribution is 1.25. The van der Waals surface area contributed by atoms with Gasteiger partial charge in [0.1, 0.15) is 11.0 Å². The van der Waals surface area contributed by atoms with Gasteiger partial charge in [-0.2, -0.15) is 8.75 Å². The van der Waals surface area contributed by atoms with Crippen LogP contribution in [0.1, 0.15) is 16.3 Å². The first-order valence-corrected chi connectivity index (χ1v) is 6.59. The van der Waals surface area contributed by atoms with E-state index in [1.54, 1.807) is 11.3 Å². The number of nitrogens with zero attached hydrogens (tertiary/aromatic N) is 3. The molecular formula is C12H7N3S2. The SMILES string of the molecule is Cc1csc(C#Cc2ccc3nsnc3c2)n1. The highest BCUT2D eigenvalue weighted by Crippen LogP contribution is 2.13. The third-order valence-electron chi connectivity index (χ3n) is 2.19. The zero-order valence-corrected chi connectivity index (χ0v) is 10.6. The van der Waals surface area contributed by atoms with Crippen LogP contribution >= 0.6 is 23.1 Å². The van der Waals surface area contributed by atoms with Crippen molar-refractivity contribution in [1.29, 1.82) is 0 Å². The van der Waals surface area contributed by atoms with Crippen molar-refractivity contribution in [2.45, 2.75) is 6.92 Å². The smallest absolute Gasteiger partial charge is 0.167 e. The van der Waals surface area contributed by atoms with Crippen molar-refractivity contribution in [3.05, 3.63) is 39.8 Å². The lowest BCUT2D eigenvalue weighted by Gasteiger charge is -1.88. The molecule has 2 heterocycles. The second kappa shape index (κ2) is 4.24. The highest BCUT2D eigenvalue weighted by atomic mass is 32.1. The van der Waals surface area contributed by atoms with Crippen LogP contribution in [0.15, 0.2) is 23.6 Å². The van der Waals surface area contributed by atoms with E-state index in [2.05, 4.69) is 25.6 Å². The van der Waals surface area contributed by atoms with Crippen LogP contribution in [0, 0.1) is 18.8 Å². The normalized spacial score (nSPS) is 10.2. The first-order chi connectivity index (χ1) is 8.31. The summed E-state index contributed by atoms with van der Waals surface area (Å²) in [6.45, 7) is 1.97. The summed E-state index contributed by atoms with van der Waals surface area (Å²) in [5, 5.41) is 2.84. The minimum Gasteiger partial charge on any atom is -0.233 e. The number of rotatable bonds is 0. The summed E-state index contributed by atoms with van der Waals surface area (Å²) in [4.78, 5) is 4.30. The molecule has 5 heteroatoms. The molecule has 3 aromatic rings. The predicted octanol–water partition coefficient (Wildman–Crippen LogP) is 2.86. The molecule has 0 spiro atoms. The summed E-state index contributed by atoms with van der Waals surface area (Å²) >= 11 is 2.78. The van der Waals surface area contributed by atoms with Crippen LogP contribution < -0.4 is 0 Å². The van der Waals surface area contributed by atoms with Gasteiger partial charge in [0.25, 0.3) is 0 Å². The van der Waals surface area contributed by atoms with Crippen molar-refractivity contribution >= 4 is 34.1 Å². The third-order valence-corrected chi connectivity index (χ3v) is 3.62. The Morgan fingerprint density at radius 3 is 2.82 bits per heavy atom. The maximum atomic E-state index is 4.30. The molecule has 0 amide bonds. The first kappa shape index (κ1) is 10.4. The molecule has 0 unspecified atom stereocenters. The molecule has 0 aliphatic carbocycles. The Hall–Kier alpha value is -1.77. The van der Waals surface area contributed by atoms with E-state index in [1.165, 1.54) is 11.7 Å². The van der Waals surface area contributed by atoms with Crippen molar-refractivity contribution in [2.24, 2.45) is 0 Å². The first-order valence-electron chi connectivity index (χ1n) is 4.98. The Labute approximate surface area is 106 Å². The van der Waals surface area contributed by atoms with Gasteiger partial charge in [-0.25, -0.2) is 4.98 Å². The number of aryl methyl sites for hydroxylation is 1. The summed E-state index contributed by atoms with van der Waals surface area (Å²) < 4.78 is 8.34. The van der Waals surface area contributed by atoms with Gasteiger partial charge >= 0.3 is 0 Å². The Kier molecular flexibility index (Phi) is 2.59. The lowest BCUT2D eigenvalue weighted by atomic mass is 10.2. The van der Waals surface area contributed by atoms with E-state index in [-0.39, 0.29) is 0 Å². The van der Waals surface area contributed by atoms with Gasteiger partial charge in [-0.05, 0) is 31.0 Å². The number of thiazole rings is 1. The van der Waals surface area contributed by atoms with E-state index in [4.69, 9.17) is 0 Å². The van der Waals surface area contributed by atoms with Crippen LogP contribution in [-0.4, -0.2) is 13.7 Å². The van der Waals surface area contributed by atoms with Crippen LogP contribution in [0.25, 0.3) is 11.0 Å². The lowest BCUT2D eigenvalue weighted by Crippen LogP contribution is -1.77. The highest BCUT2D eigenvalue weighted by molar-refractivity contribution is 7.10. The predicted molar refractivity (Wildman–Crippen MR) is 70.2 cm³/mol. The second-order valence-electron chi connectivity index (χ2n) is 3.51. The average Bonchev–Trinajstić information content (AvgIpc) is 2.94. The van der Waals surface area contributed by atoms with E-state index in [1.807, 2.05) is 30.5 Å². The molecule has 2 aromatic heterocycles. The van der Waals surface area contributed by atoms with Crippen LogP contribution in [0.5, 0.6) is 0 Å². The second-order valence-corrected chi connectivity index (χ2v) is 4.90. The van der Waals surface area contributed by atoms with E-state index in [0.29, 0.717) is 0 Å². The highest BCUT2D eigenvalue weighted by Gasteiger charge is 1.98. The van der Waals surface area contributed by atoms with Crippen molar-refractivity contribution in [3.8, 4) is 11.8 Å². The Morgan fingerprint density at radius 1 is 1.12 bits per heavy atom. The number of hydrogen-bond acceptors (Lipinski definition) is 5. The molecule has 1 aromatic carbocycles. The van der Waals surface area contributed by atoms with Gasteiger partial charge in [0.15, 0.2) is 5.01 Å². The summed E-state index contributed by atoms with van der Waals surface area (Å²) in [6, 6.07) is 5.85. The molecule has 0 bridgehead atoms. The van der Waals surface area contributed by atoms with Gasteiger partial charge in [0, 0.05) is 16.6 Å². The molecule has 82 valence electrons. The molecule has 3 nitrogen and oxygen atoms in total. The van der Waals surface area contributed by atoms with Gasteiger partial charge < -0.3 is 0 Å². The number of aromatic nitrogens is 3. The zero-order valence-electron chi connectivity index (χ0n) is 8.97. The molecule has 17 heavy (non-hydrogen) atoms. The fourth-order valence-electron chi connectivity index (χ4n) is 1.40. The molecule has 0 N–H and O–H groups in total. The van der Waals surface area contributed by atoms with E-state index in [0.717, 1.165) is 27.3 Å². The van der Waals surface area contributed by atoms with Gasteiger partial charge in [-0.3, -0.25) is 0 Å². The standard InChI is InChI=1S/C12H7N3S2/c1-8-7-16-12(13-8)5-3-9-2-4-10-11(6-9)15-17-14-10/h2,4,6-7H,1H3. The van der Waals surface area contributed by atoms with Crippen molar-refractivity contribution in [1.82, 2.24) is 13.7 Å². The number of benzene rings is 1. The average molecular weight is 257 g/mol. The van der Waals surface area contributed by atoms with Crippen molar-refractivity contribution < 1.29 is 0 Å². The van der Waals surface area contributed by atoms with Gasteiger partial charge in [-0.1, -0.05) is 5.92 Å². The minimum atomic E-state index is 0.846. The van der Waals surface area contributed by atoms with E-state index >= 15 is 0 Å². The molecule has 0 fully saturated rings. The summed E-state index contributed by atoms with van der Waals surface area (Å²) in [7, 11) is 0. The van der Waals surface area contributed by atoms with Crippen molar-refractivity contribution in [2.75, 3.05) is 0 Å². The van der Waals surface area contributed by atoms with E-state index in [9.17, 15) is 0 Å². The number of fused-ring (bicyclic) bond motifs is 1. The largest absolute Gasteiger partial charge is 0.233 e. The van der Waals surface area contributed by atoms with E-state index < -0.39 is 0 Å². The zero-order chi connectivity index (χ0) is 11.7. The van der Waals surface area contributed by atoms with Crippen LogP contribution in [-0.2, 0) is 0 Å². The van der Waals surface area contributed by atoms with Crippen molar-refractivity contribution in [3.63, 3.8) is 0 Å². The summed E-state index contributed by atoms with van der Waals surface area (Å²) in [5.74, 6) is 6.14. The fourth-order valence-corrected chi connectivity index (χ4v) is 2.56. The molecule has 0 saturated carbocycles. The molecule has 0 saturated heterocycles. The minimum absolute atomic E-state index is 0.846. The summed E-state index contributed by atoms with van der Waals surface area (Å²) in [5.41, 5.74) is 3.78. The van der Waals surface area contributed by atoms with Gasteiger partial charge in [-0.15, -0.1) is 11.3 Å². The van der Waals surface area contributed by atoms with Crippen LogP contribution in [0.4, 0.5) is 0 Å². The van der Waals surface area contributed by atoms with Gasteiger partial charge in [0.05, 0.1) is 11.7 Å². The Bertz CT molecular complexity index is 731. The number of hydrogen-bond donors (Lipinski definition) is 0. The quantitative estimate of drug-likeness (QED) is 0.581. The maximum absolute atomic E-state index is 4.30.